The molecule has 0 unspecified atom stereocenters. The molecule has 154 valence electrons. The fourth-order valence-corrected chi connectivity index (χ4v) is 3.67. The maximum Gasteiger partial charge on any atom is 0.407 e. The number of hydrogen-bond acceptors (Lipinski definition) is 4. The lowest BCUT2D eigenvalue weighted by Gasteiger charge is -2.14. The number of alkyl carbamates (subject to hydrolysis) is 1. The molecule has 0 saturated heterocycles. The first-order chi connectivity index (χ1) is 15.1. The third-order valence-electron chi connectivity index (χ3n) is 5.07. The molecule has 2 aromatic carbocycles. The molecular formula is C25H20N2O4. The standard InChI is InChI=1S/C25H20N2O4/c28-24(29)23-15-17(12-14-26-23)7-5-6-13-27-25(30)31-16-22-20-10-3-1-8-18(20)19-9-2-4-11-21(19)22/h1-4,8-12,14-15,22H,6,13,16H2,(H,27,30)(H,28,29). The number of nitrogens with zero attached hydrogens (tertiary/aromatic N) is 1. The molecule has 31 heavy (non-hydrogen) atoms. The zero-order valence-electron chi connectivity index (χ0n) is 16.7. The molecule has 0 atom stereocenters. The Balaban J connectivity index is 1.28. The predicted molar refractivity (Wildman–Crippen MR) is 116 cm³/mol. The summed E-state index contributed by atoms with van der Waals surface area (Å²) in [6.07, 6.45) is 1.33. The molecule has 4 rings (SSSR count). The number of nitrogens with one attached hydrogen (secondary N) is 1. The Morgan fingerprint density at radius 3 is 2.39 bits per heavy atom. The zero-order valence-corrected chi connectivity index (χ0v) is 16.7. The van der Waals surface area contributed by atoms with E-state index >= 15 is 0 Å². The van der Waals surface area contributed by atoms with E-state index in [-0.39, 0.29) is 18.2 Å². The SMILES string of the molecule is O=C(NCCC#Cc1ccnc(C(=O)O)c1)OCC1c2ccccc2-c2ccccc21. The van der Waals surface area contributed by atoms with E-state index in [0.717, 1.165) is 0 Å². The van der Waals surface area contributed by atoms with Crippen molar-refractivity contribution in [2.45, 2.75) is 12.3 Å². The van der Waals surface area contributed by atoms with E-state index in [1.807, 2.05) is 24.3 Å². The minimum atomic E-state index is -1.10. The van der Waals surface area contributed by atoms with Crippen LogP contribution in [-0.4, -0.2) is 35.3 Å². The normalized spacial score (nSPS) is 11.6. The Labute approximate surface area is 179 Å². The van der Waals surface area contributed by atoms with Crippen LogP contribution in [0.3, 0.4) is 0 Å². The summed E-state index contributed by atoms with van der Waals surface area (Å²) in [5, 5.41) is 11.6. The van der Waals surface area contributed by atoms with E-state index in [4.69, 9.17) is 9.84 Å². The maximum absolute atomic E-state index is 12.1. The van der Waals surface area contributed by atoms with E-state index in [2.05, 4.69) is 46.4 Å². The van der Waals surface area contributed by atoms with E-state index in [1.54, 1.807) is 6.07 Å². The van der Waals surface area contributed by atoms with Crippen LogP contribution in [-0.2, 0) is 4.74 Å². The lowest BCUT2D eigenvalue weighted by Crippen LogP contribution is -2.26. The molecule has 1 aromatic heterocycles. The second-order valence-electron chi connectivity index (χ2n) is 7.04. The van der Waals surface area contributed by atoms with Crippen LogP contribution in [0.25, 0.3) is 11.1 Å². The second kappa shape index (κ2) is 9.14. The quantitative estimate of drug-likeness (QED) is 0.487. The number of carbonyl (C=O) groups excluding carboxylic acids is 1. The molecule has 1 aliphatic rings. The Kier molecular flexibility index (Phi) is 5.95. The number of amides is 1. The predicted octanol–water partition coefficient (Wildman–Crippen LogP) is 4.06. The third kappa shape index (κ3) is 4.57. The van der Waals surface area contributed by atoms with E-state index in [9.17, 15) is 9.59 Å². The van der Waals surface area contributed by atoms with Crippen molar-refractivity contribution in [3.63, 3.8) is 0 Å². The van der Waals surface area contributed by atoms with Gasteiger partial charge in [-0.2, -0.15) is 0 Å². The lowest BCUT2D eigenvalue weighted by atomic mass is 9.98. The molecule has 0 spiro atoms. The summed E-state index contributed by atoms with van der Waals surface area (Å²) in [7, 11) is 0. The molecule has 3 aromatic rings. The molecule has 0 bridgehead atoms. The first kappa shape index (κ1) is 20.2. The highest BCUT2D eigenvalue weighted by molar-refractivity contribution is 5.85. The lowest BCUT2D eigenvalue weighted by molar-refractivity contribution is 0.0690. The molecular weight excluding hydrogens is 392 g/mol. The van der Waals surface area contributed by atoms with Gasteiger partial charge in [0.25, 0.3) is 0 Å². The average molecular weight is 412 g/mol. The number of hydrogen-bond donors (Lipinski definition) is 2. The Morgan fingerprint density at radius 2 is 1.71 bits per heavy atom. The van der Waals surface area contributed by atoms with E-state index in [1.165, 1.54) is 34.5 Å². The van der Waals surface area contributed by atoms with Crippen molar-refractivity contribution in [3.8, 4) is 23.0 Å². The molecule has 0 aliphatic heterocycles. The van der Waals surface area contributed by atoms with Crippen LogP contribution in [0.4, 0.5) is 4.79 Å². The fraction of sp³-hybridized carbons (Fsp3) is 0.160. The van der Waals surface area contributed by atoms with Gasteiger partial charge < -0.3 is 15.2 Å². The van der Waals surface area contributed by atoms with Crippen molar-refractivity contribution in [1.29, 1.82) is 0 Å². The number of carbonyl (C=O) groups is 2. The monoisotopic (exact) mass is 412 g/mol. The first-order valence-electron chi connectivity index (χ1n) is 9.90. The highest BCUT2D eigenvalue weighted by atomic mass is 16.5. The molecule has 2 N–H and O–H groups in total. The van der Waals surface area contributed by atoms with Crippen molar-refractivity contribution in [3.05, 3.63) is 89.2 Å². The van der Waals surface area contributed by atoms with Crippen LogP contribution in [0.1, 0.15) is 39.5 Å². The number of fused-ring (bicyclic) bond motifs is 3. The molecule has 1 heterocycles. The second-order valence-corrected chi connectivity index (χ2v) is 7.04. The molecule has 1 aliphatic carbocycles. The first-order valence-corrected chi connectivity index (χ1v) is 9.90. The smallest absolute Gasteiger partial charge is 0.407 e. The highest BCUT2D eigenvalue weighted by Crippen LogP contribution is 2.44. The summed E-state index contributed by atoms with van der Waals surface area (Å²) in [6, 6.07) is 19.4. The van der Waals surface area contributed by atoms with Crippen LogP contribution >= 0.6 is 0 Å². The summed E-state index contributed by atoms with van der Waals surface area (Å²) in [6.45, 7) is 0.598. The van der Waals surface area contributed by atoms with Gasteiger partial charge in [0, 0.05) is 30.6 Å². The molecule has 6 heteroatoms. The van der Waals surface area contributed by atoms with Gasteiger partial charge in [-0.25, -0.2) is 14.6 Å². The van der Waals surface area contributed by atoms with Crippen molar-refractivity contribution in [1.82, 2.24) is 10.3 Å². The Morgan fingerprint density at radius 1 is 1.03 bits per heavy atom. The van der Waals surface area contributed by atoms with Crippen molar-refractivity contribution < 1.29 is 19.4 Å². The van der Waals surface area contributed by atoms with Crippen molar-refractivity contribution >= 4 is 12.1 Å². The van der Waals surface area contributed by atoms with Gasteiger partial charge in [0.2, 0.25) is 0 Å². The summed E-state index contributed by atoms with van der Waals surface area (Å²) in [5.41, 5.74) is 5.21. The van der Waals surface area contributed by atoms with Crippen molar-refractivity contribution in [2.75, 3.05) is 13.2 Å². The molecule has 0 fully saturated rings. The van der Waals surface area contributed by atoms with Gasteiger partial charge in [0.15, 0.2) is 0 Å². The topological polar surface area (TPSA) is 88.5 Å². The van der Waals surface area contributed by atoms with Gasteiger partial charge in [0.1, 0.15) is 12.3 Å². The van der Waals surface area contributed by atoms with Gasteiger partial charge in [-0.15, -0.1) is 0 Å². The maximum atomic E-state index is 12.1. The molecule has 0 saturated carbocycles. The Bertz CT molecular complexity index is 1150. The van der Waals surface area contributed by atoms with Crippen molar-refractivity contribution in [2.24, 2.45) is 0 Å². The van der Waals surface area contributed by atoms with Crippen LogP contribution in [0.5, 0.6) is 0 Å². The summed E-state index contributed by atoms with van der Waals surface area (Å²) in [4.78, 5) is 26.8. The van der Waals surface area contributed by atoms with Gasteiger partial charge in [0.05, 0.1) is 0 Å². The van der Waals surface area contributed by atoms with Gasteiger partial charge in [-0.3, -0.25) is 0 Å². The molecule has 6 nitrogen and oxygen atoms in total. The van der Waals surface area contributed by atoms with Crippen LogP contribution in [0.2, 0.25) is 0 Å². The largest absolute Gasteiger partial charge is 0.477 e. The van der Waals surface area contributed by atoms with E-state index in [0.29, 0.717) is 18.5 Å². The summed E-state index contributed by atoms with van der Waals surface area (Å²) < 4.78 is 5.47. The summed E-state index contributed by atoms with van der Waals surface area (Å²) >= 11 is 0. The number of carboxylic acids is 1. The number of carboxylic acid groups (broad SMARTS) is 1. The van der Waals surface area contributed by atoms with Crippen LogP contribution < -0.4 is 5.32 Å². The Hall–Kier alpha value is -4.11. The number of ether oxygens (including phenoxy) is 1. The van der Waals surface area contributed by atoms with Gasteiger partial charge in [-0.05, 0) is 34.4 Å². The van der Waals surface area contributed by atoms with E-state index < -0.39 is 12.1 Å². The number of aromatic carboxylic acids is 1. The molecule has 0 radical (unpaired) electrons. The van der Waals surface area contributed by atoms with Gasteiger partial charge in [-0.1, -0.05) is 60.4 Å². The number of rotatable bonds is 5. The van der Waals surface area contributed by atoms with Crippen LogP contribution in [0.15, 0.2) is 66.9 Å². The number of aromatic nitrogens is 1. The van der Waals surface area contributed by atoms with Crippen LogP contribution in [0, 0.1) is 11.8 Å². The number of pyridine rings is 1. The minimum Gasteiger partial charge on any atom is -0.477 e. The number of benzene rings is 2. The molecule has 1 amide bonds. The average Bonchev–Trinajstić information content (AvgIpc) is 3.11. The highest BCUT2D eigenvalue weighted by Gasteiger charge is 2.28. The van der Waals surface area contributed by atoms with Gasteiger partial charge >= 0.3 is 12.1 Å². The summed E-state index contributed by atoms with van der Waals surface area (Å²) in [5.74, 6) is 4.70. The fourth-order valence-electron chi connectivity index (χ4n) is 3.67. The zero-order chi connectivity index (χ0) is 21.6. The minimum absolute atomic E-state index is 0.0214. The third-order valence-corrected chi connectivity index (χ3v) is 5.07.